The van der Waals surface area contributed by atoms with Gasteiger partial charge in [-0.3, -0.25) is 10.1 Å². The van der Waals surface area contributed by atoms with Crippen LogP contribution in [0, 0.1) is 0 Å². The van der Waals surface area contributed by atoms with E-state index < -0.39 is 11.7 Å². The number of anilines is 1. The van der Waals surface area contributed by atoms with Crippen LogP contribution in [0.1, 0.15) is 43.6 Å². The van der Waals surface area contributed by atoms with Crippen molar-refractivity contribution in [1.29, 1.82) is 0 Å². The van der Waals surface area contributed by atoms with Crippen molar-refractivity contribution in [2.24, 2.45) is 0 Å². The van der Waals surface area contributed by atoms with Gasteiger partial charge in [0.05, 0.1) is 0 Å². The lowest BCUT2D eigenvalue weighted by Gasteiger charge is -2.22. The van der Waals surface area contributed by atoms with Crippen molar-refractivity contribution in [3.05, 3.63) is 53.6 Å². The lowest BCUT2D eigenvalue weighted by atomic mass is 10.1. The molecule has 2 amide bonds. The van der Waals surface area contributed by atoms with E-state index in [4.69, 9.17) is 14.2 Å². The van der Waals surface area contributed by atoms with E-state index in [0.29, 0.717) is 30.1 Å². The Hall–Kier alpha value is -3.22. The number of fused-ring (bicyclic) bond motifs is 1. The van der Waals surface area contributed by atoms with E-state index in [2.05, 4.69) is 5.32 Å². The number of ether oxygens (including phenoxy) is 3. The van der Waals surface area contributed by atoms with Crippen LogP contribution in [0.25, 0.3) is 0 Å². The fraction of sp³-hybridized carbons (Fsp3) is 0.364. The maximum Gasteiger partial charge on any atom is 0.412 e. The van der Waals surface area contributed by atoms with Crippen molar-refractivity contribution in [3.63, 3.8) is 0 Å². The number of hydrogen-bond acceptors (Lipinski definition) is 5. The SMILES string of the molecule is CCN(Cc1ccc2c(c1)OCO2)C(=O)c1ccc(NC(=O)OC(C)(C)C)cc1. The summed E-state index contributed by atoms with van der Waals surface area (Å²) in [6.07, 6.45) is -0.533. The second-order valence-corrected chi connectivity index (χ2v) is 7.71. The van der Waals surface area contributed by atoms with Crippen LogP contribution < -0.4 is 14.8 Å². The van der Waals surface area contributed by atoms with Gasteiger partial charge in [0.15, 0.2) is 11.5 Å². The van der Waals surface area contributed by atoms with Gasteiger partial charge in [0, 0.05) is 24.3 Å². The second-order valence-electron chi connectivity index (χ2n) is 7.71. The summed E-state index contributed by atoms with van der Waals surface area (Å²) in [5, 5.41) is 2.66. The van der Waals surface area contributed by atoms with Crippen LogP contribution in [0.5, 0.6) is 11.5 Å². The van der Waals surface area contributed by atoms with Gasteiger partial charge in [0.2, 0.25) is 6.79 Å². The highest BCUT2D eigenvalue weighted by Gasteiger charge is 2.19. The summed E-state index contributed by atoms with van der Waals surface area (Å²) in [4.78, 5) is 26.5. The molecule has 1 N–H and O–H groups in total. The van der Waals surface area contributed by atoms with Gasteiger partial charge in [0.1, 0.15) is 5.60 Å². The zero-order valence-corrected chi connectivity index (χ0v) is 17.2. The lowest BCUT2D eigenvalue weighted by molar-refractivity contribution is 0.0635. The van der Waals surface area contributed by atoms with E-state index in [1.54, 1.807) is 49.9 Å². The molecule has 0 aromatic heterocycles. The maximum atomic E-state index is 12.9. The van der Waals surface area contributed by atoms with Crippen molar-refractivity contribution in [1.82, 2.24) is 4.90 Å². The zero-order valence-electron chi connectivity index (χ0n) is 17.2. The molecule has 0 aliphatic carbocycles. The summed E-state index contributed by atoms with van der Waals surface area (Å²) in [7, 11) is 0. The predicted molar refractivity (Wildman–Crippen MR) is 109 cm³/mol. The van der Waals surface area contributed by atoms with Crippen LogP contribution in [0.3, 0.4) is 0 Å². The topological polar surface area (TPSA) is 77.1 Å². The number of benzene rings is 2. The van der Waals surface area contributed by atoms with Crippen molar-refractivity contribution < 1.29 is 23.8 Å². The van der Waals surface area contributed by atoms with Gasteiger partial charge >= 0.3 is 6.09 Å². The van der Waals surface area contributed by atoms with E-state index in [9.17, 15) is 9.59 Å². The van der Waals surface area contributed by atoms with E-state index in [1.807, 2.05) is 25.1 Å². The fourth-order valence-corrected chi connectivity index (χ4v) is 2.89. The molecule has 0 fully saturated rings. The molecule has 1 heterocycles. The van der Waals surface area contributed by atoms with Crippen LogP contribution in [0.4, 0.5) is 10.5 Å². The van der Waals surface area contributed by atoms with Crippen LogP contribution in [-0.4, -0.2) is 35.8 Å². The Labute approximate surface area is 170 Å². The normalized spacial score (nSPS) is 12.4. The highest BCUT2D eigenvalue weighted by atomic mass is 16.7. The predicted octanol–water partition coefficient (Wildman–Crippen LogP) is 4.42. The summed E-state index contributed by atoms with van der Waals surface area (Å²) < 4.78 is 16.0. The zero-order chi connectivity index (χ0) is 21.0. The molecule has 7 nitrogen and oxygen atoms in total. The first kappa shape index (κ1) is 20.5. The van der Waals surface area contributed by atoms with Gasteiger partial charge in [-0.15, -0.1) is 0 Å². The molecule has 0 unspecified atom stereocenters. The summed E-state index contributed by atoms with van der Waals surface area (Å²) in [6.45, 7) is 8.58. The first-order valence-electron chi connectivity index (χ1n) is 9.53. The molecule has 0 atom stereocenters. The molecule has 7 heteroatoms. The van der Waals surface area contributed by atoms with Crippen LogP contribution in [0.2, 0.25) is 0 Å². The average molecular weight is 398 g/mol. The Bertz CT molecular complexity index is 887. The third kappa shape index (κ3) is 5.40. The quantitative estimate of drug-likeness (QED) is 0.806. The van der Waals surface area contributed by atoms with Crippen molar-refractivity contribution in [2.75, 3.05) is 18.7 Å². The highest BCUT2D eigenvalue weighted by molar-refractivity contribution is 5.95. The molecule has 0 spiro atoms. The van der Waals surface area contributed by atoms with Crippen LogP contribution in [-0.2, 0) is 11.3 Å². The van der Waals surface area contributed by atoms with E-state index in [-0.39, 0.29) is 12.7 Å². The van der Waals surface area contributed by atoms with E-state index >= 15 is 0 Å². The van der Waals surface area contributed by atoms with Gasteiger partial charge in [-0.2, -0.15) is 0 Å². The van der Waals surface area contributed by atoms with Gasteiger partial charge in [0.25, 0.3) is 5.91 Å². The minimum absolute atomic E-state index is 0.0889. The molecule has 3 rings (SSSR count). The van der Waals surface area contributed by atoms with Crippen molar-refractivity contribution >= 4 is 17.7 Å². The molecule has 0 saturated heterocycles. The lowest BCUT2D eigenvalue weighted by Crippen LogP contribution is -2.30. The van der Waals surface area contributed by atoms with E-state index in [1.165, 1.54) is 0 Å². The number of carbonyl (C=O) groups is 2. The van der Waals surface area contributed by atoms with E-state index in [0.717, 1.165) is 11.3 Å². The number of rotatable bonds is 5. The Morgan fingerprint density at radius 1 is 1.07 bits per heavy atom. The van der Waals surface area contributed by atoms with Gasteiger partial charge in [-0.1, -0.05) is 6.07 Å². The molecule has 0 bridgehead atoms. The average Bonchev–Trinajstić information content (AvgIpc) is 3.12. The molecule has 1 aliphatic heterocycles. The Balaban J connectivity index is 1.64. The Morgan fingerprint density at radius 3 is 2.41 bits per heavy atom. The fourth-order valence-electron chi connectivity index (χ4n) is 2.89. The number of hydrogen-bond donors (Lipinski definition) is 1. The highest BCUT2D eigenvalue weighted by Crippen LogP contribution is 2.32. The first-order valence-corrected chi connectivity index (χ1v) is 9.53. The smallest absolute Gasteiger partial charge is 0.412 e. The molecule has 1 aliphatic rings. The standard InChI is InChI=1S/C22H26N2O5/c1-5-24(13-15-6-11-18-19(12-15)28-14-27-18)20(25)16-7-9-17(10-8-16)23-21(26)29-22(2,3)4/h6-12H,5,13-14H2,1-4H3,(H,23,26). The number of carbonyl (C=O) groups excluding carboxylic acids is 2. The van der Waals surface area contributed by atoms with Gasteiger partial charge < -0.3 is 19.1 Å². The third-order valence-corrected chi connectivity index (χ3v) is 4.26. The molecule has 154 valence electrons. The number of amides is 2. The summed E-state index contributed by atoms with van der Waals surface area (Å²) in [6, 6.07) is 12.4. The Kier molecular flexibility index (Phi) is 5.96. The molecular formula is C22H26N2O5. The molecule has 2 aromatic rings. The monoisotopic (exact) mass is 398 g/mol. The first-order chi connectivity index (χ1) is 13.7. The van der Waals surface area contributed by atoms with Crippen molar-refractivity contribution in [3.8, 4) is 11.5 Å². The summed E-state index contributed by atoms with van der Waals surface area (Å²) in [5.41, 5.74) is 1.50. The second kappa shape index (κ2) is 8.43. The molecule has 0 saturated carbocycles. The minimum Gasteiger partial charge on any atom is -0.454 e. The molecule has 2 aromatic carbocycles. The minimum atomic E-state index is -0.573. The molecule has 0 radical (unpaired) electrons. The molecular weight excluding hydrogens is 372 g/mol. The largest absolute Gasteiger partial charge is 0.454 e. The van der Waals surface area contributed by atoms with Gasteiger partial charge in [-0.05, 0) is 69.7 Å². The molecule has 29 heavy (non-hydrogen) atoms. The number of nitrogens with one attached hydrogen (secondary N) is 1. The summed E-state index contributed by atoms with van der Waals surface area (Å²) >= 11 is 0. The summed E-state index contributed by atoms with van der Waals surface area (Å²) in [5.74, 6) is 1.33. The Morgan fingerprint density at radius 2 is 1.76 bits per heavy atom. The van der Waals surface area contributed by atoms with Crippen molar-refractivity contribution in [2.45, 2.75) is 39.8 Å². The van der Waals surface area contributed by atoms with Crippen LogP contribution >= 0.6 is 0 Å². The maximum absolute atomic E-state index is 12.9. The number of nitrogens with zero attached hydrogens (tertiary/aromatic N) is 1. The third-order valence-electron chi connectivity index (χ3n) is 4.26. The van der Waals surface area contributed by atoms with Crippen LogP contribution in [0.15, 0.2) is 42.5 Å². The van der Waals surface area contributed by atoms with Gasteiger partial charge in [-0.25, -0.2) is 4.79 Å².